The zero-order valence-corrected chi connectivity index (χ0v) is 14.7. The van der Waals surface area contributed by atoms with E-state index >= 15 is 0 Å². The normalized spacial score (nSPS) is 31.6. The molecule has 4 rings (SSSR count). The van der Waals surface area contributed by atoms with Gasteiger partial charge in [-0.3, -0.25) is 0 Å². The predicted octanol–water partition coefficient (Wildman–Crippen LogP) is 3.71. The van der Waals surface area contributed by atoms with Crippen molar-refractivity contribution in [2.24, 2.45) is 0 Å². The minimum Gasteiger partial charge on any atom is -0.490 e. The molecule has 5 heteroatoms. The number of benzene rings is 1. The third-order valence-corrected chi connectivity index (χ3v) is 5.05. The second-order valence-electron chi connectivity index (χ2n) is 6.99. The first-order chi connectivity index (χ1) is 12.2. The topological polar surface area (TPSA) is 46.2 Å². The summed E-state index contributed by atoms with van der Waals surface area (Å²) in [5.74, 6) is 0.520. The minimum absolute atomic E-state index is 0.0491. The van der Waals surface area contributed by atoms with E-state index in [2.05, 4.69) is 6.08 Å². The highest BCUT2D eigenvalue weighted by Crippen LogP contribution is 2.34. The van der Waals surface area contributed by atoms with Crippen LogP contribution in [0.2, 0.25) is 0 Å². The Balaban J connectivity index is 1.33. The Morgan fingerprint density at radius 1 is 1.08 bits per heavy atom. The van der Waals surface area contributed by atoms with Crippen LogP contribution in [0.4, 0.5) is 0 Å². The summed E-state index contributed by atoms with van der Waals surface area (Å²) in [5.41, 5.74) is 1.06. The summed E-state index contributed by atoms with van der Waals surface area (Å²) in [6.45, 7) is 3.89. The highest BCUT2D eigenvalue weighted by molar-refractivity contribution is 5.16. The summed E-state index contributed by atoms with van der Waals surface area (Å²) in [4.78, 5) is 0. The van der Waals surface area contributed by atoms with Gasteiger partial charge in [0, 0.05) is 18.4 Å². The first-order valence-corrected chi connectivity index (χ1v) is 9.17. The Kier molecular flexibility index (Phi) is 5.08. The van der Waals surface area contributed by atoms with E-state index in [0.29, 0.717) is 19.8 Å². The van der Waals surface area contributed by atoms with Crippen molar-refractivity contribution in [2.45, 2.75) is 56.9 Å². The van der Waals surface area contributed by atoms with Crippen LogP contribution in [0.15, 0.2) is 42.2 Å². The van der Waals surface area contributed by atoms with Crippen LogP contribution in [0.25, 0.3) is 0 Å². The van der Waals surface area contributed by atoms with Crippen molar-refractivity contribution in [1.29, 1.82) is 0 Å². The smallest absolute Gasteiger partial charge is 0.184 e. The molecule has 0 bridgehead atoms. The Morgan fingerprint density at radius 3 is 2.68 bits per heavy atom. The molecule has 0 unspecified atom stereocenters. The summed E-state index contributed by atoms with van der Waals surface area (Å²) in [7, 11) is 0. The summed E-state index contributed by atoms with van der Waals surface area (Å²) in [6.07, 6.45) is 5.40. The van der Waals surface area contributed by atoms with Crippen LogP contribution in [0.5, 0.6) is 0 Å². The Bertz CT molecular complexity index is 593. The summed E-state index contributed by atoms with van der Waals surface area (Å²) in [5, 5.41) is 0. The lowest BCUT2D eigenvalue weighted by atomic mass is 10.1. The molecule has 2 fully saturated rings. The lowest BCUT2D eigenvalue weighted by Gasteiger charge is -2.36. The molecule has 1 aromatic carbocycles. The van der Waals surface area contributed by atoms with Crippen LogP contribution >= 0.6 is 0 Å². The lowest BCUT2D eigenvalue weighted by molar-refractivity contribution is -0.259. The number of fused-ring (bicyclic) bond motifs is 1. The van der Waals surface area contributed by atoms with E-state index in [1.165, 1.54) is 0 Å². The fraction of sp³-hybridized carbons (Fsp3) is 0.600. The van der Waals surface area contributed by atoms with Gasteiger partial charge in [0.1, 0.15) is 12.2 Å². The van der Waals surface area contributed by atoms with Gasteiger partial charge in [0.25, 0.3) is 0 Å². The monoisotopic (exact) mass is 346 g/mol. The van der Waals surface area contributed by atoms with Gasteiger partial charge in [-0.15, -0.1) is 0 Å². The van der Waals surface area contributed by atoms with Crippen LogP contribution in [-0.2, 0) is 23.7 Å². The van der Waals surface area contributed by atoms with E-state index in [1.807, 2.05) is 37.3 Å². The highest BCUT2D eigenvalue weighted by Gasteiger charge is 2.36. The molecule has 2 saturated heterocycles. The van der Waals surface area contributed by atoms with Gasteiger partial charge in [-0.1, -0.05) is 30.3 Å². The van der Waals surface area contributed by atoms with E-state index in [4.69, 9.17) is 23.7 Å². The second-order valence-corrected chi connectivity index (χ2v) is 6.99. The van der Waals surface area contributed by atoms with E-state index in [-0.39, 0.29) is 18.5 Å². The van der Waals surface area contributed by atoms with Crippen molar-refractivity contribution in [1.82, 2.24) is 0 Å². The third kappa shape index (κ3) is 4.06. The number of hydrogen-bond acceptors (Lipinski definition) is 5. The molecule has 136 valence electrons. The van der Waals surface area contributed by atoms with Gasteiger partial charge in [-0.25, -0.2) is 0 Å². The Morgan fingerprint density at radius 2 is 1.88 bits per heavy atom. The van der Waals surface area contributed by atoms with Gasteiger partial charge in [0.15, 0.2) is 12.1 Å². The minimum atomic E-state index is -0.478. The summed E-state index contributed by atoms with van der Waals surface area (Å²) in [6, 6.07) is 10.1. The van der Waals surface area contributed by atoms with Gasteiger partial charge in [-0.05, 0) is 25.8 Å². The molecular weight excluding hydrogens is 320 g/mol. The summed E-state index contributed by atoms with van der Waals surface area (Å²) >= 11 is 0. The molecule has 0 aliphatic carbocycles. The maximum Gasteiger partial charge on any atom is 0.184 e. The van der Waals surface area contributed by atoms with Crippen molar-refractivity contribution in [3.63, 3.8) is 0 Å². The molecule has 3 atom stereocenters. The van der Waals surface area contributed by atoms with Crippen LogP contribution in [0.1, 0.15) is 44.5 Å². The Hall–Kier alpha value is -1.40. The molecule has 0 amide bonds. The van der Waals surface area contributed by atoms with E-state index < -0.39 is 5.79 Å². The maximum atomic E-state index is 6.20. The van der Waals surface area contributed by atoms with Crippen molar-refractivity contribution in [2.75, 3.05) is 19.8 Å². The molecule has 0 spiro atoms. The lowest BCUT2D eigenvalue weighted by Crippen LogP contribution is -2.41. The fourth-order valence-corrected chi connectivity index (χ4v) is 3.59. The average Bonchev–Trinajstić information content (AvgIpc) is 2.97. The molecule has 25 heavy (non-hydrogen) atoms. The predicted molar refractivity (Wildman–Crippen MR) is 91.7 cm³/mol. The maximum absolute atomic E-state index is 6.20. The van der Waals surface area contributed by atoms with E-state index in [9.17, 15) is 0 Å². The molecule has 0 radical (unpaired) electrons. The molecule has 5 nitrogen and oxygen atoms in total. The standard InChI is InChI=1S/C20H26O5/c1-20(22-12-13-23-20)11-10-16-8-5-9-17-18(24-16)14-21-19(25-17)15-6-3-2-4-7-15/h2-4,6-8,17-19H,5,9-14H2,1H3/t17-,18+,19+/m0/s1. The third-order valence-electron chi connectivity index (χ3n) is 5.05. The van der Waals surface area contributed by atoms with Gasteiger partial charge in [0.2, 0.25) is 0 Å². The SMILES string of the molecule is CC1(CCC2=CCC[C@@H]3O[C@H](c4ccccc4)OC[C@H]3O2)OCCO1. The van der Waals surface area contributed by atoms with Crippen LogP contribution in [-0.4, -0.2) is 37.8 Å². The molecule has 3 aliphatic heterocycles. The van der Waals surface area contributed by atoms with Gasteiger partial charge >= 0.3 is 0 Å². The van der Waals surface area contributed by atoms with Crippen LogP contribution in [0.3, 0.4) is 0 Å². The number of allylic oxidation sites excluding steroid dienone is 2. The van der Waals surface area contributed by atoms with Crippen molar-refractivity contribution < 1.29 is 23.7 Å². The number of ether oxygens (including phenoxy) is 5. The highest BCUT2D eigenvalue weighted by atomic mass is 16.7. The van der Waals surface area contributed by atoms with Crippen LogP contribution in [0, 0.1) is 0 Å². The van der Waals surface area contributed by atoms with Crippen LogP contribution < -0.4 is 0 Å². The number of rotatable bonds is 4. The summed E-state index contributed by atoms with van der Waals surface area (Å²) < 4.78 is 29.6. The van der Waals surface area contributed by atoms with Crippen molar-refractivity contribution >= 4 is 0 Å². The van der Waals surface area contributed by atoms with Gasteiger partial charge in [-0.2, -0.15) is 0 Å². The Labute approximate surface area is 148 Å². The first-order valence-electron chi connectivity index (χ1n) is 9.17. The molecule has 3 aliphatic rings. The van der Waals surface area contributed by atoms with E-state index in [1.54, 1.807) is 0 Å². The number of hydrogen-bond donors (Lipinski definition) is 0. The fourth-order valence-electron chi connectivity index (χ4n) is 3.59. The molecule has 1 aromatic rings. The largest absolute Gasteiger partial charge is 0.490 e. The molecule has 3 heterocycles. The second kappa shape index (κ2) is 7.46. The van der Waals surface area contributed by atoms with Gasteiger partial charge < -0.3 is 23.7 Å². The zero-order chi connectivity index (χ0) is 17.1. The van der Waals surface area contributed by atoms with Crippen molar-refractivity contribution in [3.05, 3.63) is 47.7 Å². The quantitative estimate of drug-likeness (QED) is 0.832. The molecular formula is C20H26O5. The first kappa shape index (κ1) is 17.0. The van der Waals surface area contributed by atoms with Crippen molar-refractivity contribution in [3.8, 4) is 0 Å². The zero-order valence-electron chi connectivity index (χ0n) is 14.7. The average molecular weight is 346 g/mol. The molecule has 0 saturated carbocycles. The molecule has 0 aromatic heterocycles. The van der Waals surface area contributed by atoms with Gasteiger partial charge in [0.05, 0.1) is 25.6 Å². The molecule has 0 N–H and O–H groups in total. The van der Waals surface area contributed by atoms with E-state index in [0.717, 1.165) is 37.0 Å².